The normalized spacial score (nSPS) is 14.1. The number of hydrogen-bond donors (Lipinski definition) is 3. The predicted molar refractivity (Wildman–Crippen MR) is 82.8 cm³/mol. The third-order valence-electron chi connectivity index (χ3n) is 3.44. The van der Waals surface area contributed by atoms with Gasteiger partial charge in [0.1, 0.15) is 5.82 Å². The van der Waals surface area contributed by atoms with E-state index in [1.54, 1.807) is 0 Å². The van der Waals surface area contributed by atoms with Crippen LogP contribution in [0.25, 0.3) is 10.9 Å². The van der Waals surface area contributed by atoms with Gasteiger partial charge in [0.25, 0.3) is 0 Å². The molecule has 0 radical (unpaired) electrons. The van der Waals surface area contributed by atoms with Crippen molar-refractivity contribution in [2.45, 2.75) is 31.7 Å². The maximum atomic E-state index is 11.6. The van der Waals surface area contributed by atoms with Crippen LogP contribution in [0.3, 0.4) is 0 Å². The Morgan fingerprint density at radius 3 is 2.90 bits per heavy atom. The highest BCUT2D eigenvalue weighted by molar-refractivity contribution is 5.89. The number of nitrogen functional groups attached to an aromatic ring is 1. The molecule has 1 aliphatic rings. The van der Waals surface area contributed by atoms with Crippen LogP contribution >= 0.6 is 0 Å². The van der Waals surface area contributed by atoms with Crippen molar-refractivity contribution in [2.24, 2.45) is 0 Å². The van der Waals surface area contributed by atoms with Gasteiger partial charge in [-0.3, -0.25) is 4.79 Å². The molecule has 3 rings (SSSR count). The summed E-state index contributed by atoms with van der Waals surface area (Å²) < 4.78 is 0. The van der Waals surface area contributed by atoms with Crippen LogP contribution in [0.2, 0.25) is 0 Å². The summed E-state index contributed by atoms with van der Waals surface area (Å²) in [6, 6.07) is 8.14. The lowest BCUT2D eigenvalue weighted by Gasteiger charge is -2.09. The molecule has 4 N–H and O–H groups in total. The zero-order valence-corrected chi connectivity index (χ0v) is 11.8. The molecule has 110 valence electrons. The Hall–Kier alpha value is -2.37. The first-order valence-corrected chi connectivity index (χ1v) is 7.28. The first kappa shape index (κ1) is 13.6. The van der Waals surface area contributed by atoms with Crippen LogP contribution < -0.4 is 16.4 Å². The zero-order chi connectivity index (χ0) is 14.7. The van der Waals surface area contributed by atoms with Gasteiger partial charge in [-0.05, 0) is 31.4 Å². The summed E-state index contributed by atoms with van der Waals surface area (Å²) in [5.41, 5.74) is 6.53. The van der Waals surface area contributed by atoms with Crippen LogP contribution in [0, 0.1) is 0 Å². The monoisotopic (exact) mass is 285 g/mol. The van der Waals surface area contributed by atoms with Gasteiger partial charge in [0.2, 0.25) is 11.9 Å². The molecule has 21 heavy (non-hydrogen) atoms. The lowest BCUT2D eigenvalue weighted by atomic mass is 10.2. The number of hydrogen-bond acceptors (Lipinski definition) is 5. The van der Waals surface area contributed by atoms with Crippen molar-refractivity contribution in [2.75, 3.05) is 17.6 Å². The Labute approximate surface area is 123 Å². The van der Waals surface area contributed by atoms with Crippen LogP contribution in [-0.4, -0.2) is 28.5 Å². The largest absolute Gasteiger partial charge is 0.369 e. The number of fused-ring (bicyclic) bond motifs is 1. The number of carbonyl (C=O) groups is 1. The Morgan fingerprint density at radius 1 is 1.29 bits per heavy atom. The van der Waals surface area contributed by atoms with Crippen LogP contribution in [0.5, 0.6) is 0 Å². The highest BCUT2D eigenvalue weighted by Gasteiger charge is 2.22. The number of anilines is 2. The summed E-state index contributed by atoms with van der Waals surface area (Å²) in [4.78, 5) is 20.0. The third-order valence-corrected chi connectivity index (χ3v) is 3.44. The molecular weight excluding hydrogens is 266 g/mol. The predicted octanol–water partition coefficient (Wildman–Crippen LogP) is 1.68. The second-order valence-corrected chi connectivity index (χ2v) is 5.32. The number of para-hydroxylation sites is 1. The smallest absolute Gasteiger partial charge is 0.222 e. The number of benzene rings is 1. The molecular formula is C15H19N5O. The van der Waals surface area contributed by atoms with Crippen molar-refractivity contribution < 1.29 is 4.79 Å². The van der Waals surface area contributed by atoms with E-state index in [1.807, 2.05) is 24.3 Å². The topological polar surface area (TPSA) is 92.9 Å². The van der Waals surface area contributed by atoms with Crippen LogP contribution in [-0.2, 0) is 4.79 Å². The molecule has 0 unspecified atom stereocenters. The maximum absolute atomic E-state index is 11.6. The van der Waals surface area contributed by atoms with E-state index in [0.29, 0.717) is 19.0 Å². The van der Waals surface area contributed by atoms with Gasteiger partial charge in [0, 0.05) is 24.4 Å². The average molecular weight is 285 g/mol. The number of amides is 1. The van der Waals surface area contributed by atoms with Crippen LogP contribution in [0.4, 0.5) is 11.8 Å². The fourth-order valence-electron chi connectivity index (χ4n) is 2.21. The van der Waals surface area contributed by atoms with E-state index in [0.717, 1.165) is 36.0 Å². The highest BCUT2D eigenvalue weighted by Crippen LogP contribution is 2.21. The quantitative estimate of drug-likeness (QED) is 0.702. The molecule has 1 aliphatic carbocycles. The average Bonchev–Trinajstić information content (AvgIpc) is 3.27. The minimum absolute atomic E-state index is 0.131. The SMILES string of the molecule is Nc1nc(NCCCC(=O)NC2CC2)c2ccccc2n1. The van der Waals surface area contributed by atoms with Gasteiger partial charge in [0.15, 0.2) is 0 Å². The van der Waals surface area contributed by atoms with E-state index in [1.165, 1.54) is 0 Å². The zero-order valence-electron chi connectivity index (χ0n) is 11.8. The molecule has 0 bridgehead atoms. The lowest BCUT2D eigenvalue weighted by Crippen LogP contribution is -2.25. The van der Waals surface area contributed by atoms with Crippen molar-refractivity contribution in [3.8, 4) is 0 Å². The number of nitrogens with one attached hydrogen (secondary N) is 2. The van der Waals surface area contributed by atoms with Gasteiger partial charge in [0.05, 0.1) is 5.52 Å². The lowest BCUT2D eigenvalue weighted by molar-refractivity contribution is -0.121. The molecule has 1 aromatic heterocycles. The second kappa shape index (κ2) is 5.95. The van der Waals surface area contributed by atoms with Crippen LogP contribution in [0.15, 0.2) is 24.3 Å². The van der Waals surface area contributed by atoms with E-state index in [9.17, 15) is 4.79 Å². The highest BCUT2D eigenvalue weighted by atomic mass is 16.1. The second-order valence-electron chi connectivity index (χ2n) is 5.32. The Kier molecular flexibility index (Phi) is 3.85. The molecule has 0 aliphatic heterocycles. The van der Waals surface area contributed by atoms with Crippen molar-refractivity contribution in [1.29, 1.82) is 0 Å². The summed E-state index contributed by atoms with van der Waals surface area (Å²) in [7, 11) is 0. The molecule has 0 atom stereocenters. The van der Waals surface area contributed by atoms with Gasteiger partial charge in [-0.2, -0.15) is 4.98 Å². The summed E-state index contributed by atoms with van der Waals surface area (Å²) in [5, 5.41) is 7.16. The van der Waals surface area contributed by atoms with Crippen molar-refractivity contribution in [1.82, 2.24) is 15.3 Å². The summed E-state index contributed by atoms with van der Waals surface area (Å²) in [6.07, 6.45) is 3.53. The van der Waals surface area contributed by atoms with Gasteiger partial charge in [-0.15, -0.1) is 0 Å². The van der Waals surface area contributed by atoms with E-state index in [-0.39, 0.29) is 11.9 Å². The van der Waals surface area contributed by atoms with Crippen molar-refractivity contribution in [3.63, 3.8) is 0 Å². The standard InChI is InChI=1S/C15H19N5O/c16-15-19-12-5-2-1-4-11(12)14(20-15)17-9-3-6-13(21)18-10-7-8-10/h1-2,4-5,10H,3,6-9H2,(H,18,21)(H3,16,17,19,20). The number of aromatic nitrogens is 2. The molecule has 6 heteroatoms. The van der Waals surface area contributed by atoms with Crippen molar-refractivity contribution >= 4 is 28.6 Å². The van der Waals surface area contributed by atoms with E-state index in [2.05, 4.69) is 20.6 Å². The van der Waals surface area contributed by atoms with E-state index >= 15 is 0 Å². The number of nitrogens with two attached hydrogens (primary N) is 1. The third kappa shape index (κ3) is 3.59. The summed E-state index contributed by atoms with van der Waals surface area (Å²) >= 11 is 0. The van der Waals surface area contributed by atoms with Crippen LogP contribution in [0.1, 0.15) is 25.7 Å². The first-order chi connectivity index (χ1) is 10.2. The summed E-state index contributed by atoms with van der Waals surface area (Å²) in [6.45, 7) is 0.679. The van der Waals surface area contributed by atoms with E-state index < -0.39 is 0 Å². The molecule has 0 saturated heterocycles. The molecule has 1 saturated carbocycles. The van der Waals surface area contributed by atoms with Gasteiger partial charge in [-0.1, -0.05) is 12.1 Å². The fraction of sp³-hybridized carbons (Fsp3) is 0.400. The Morgan fingerprint density at radius 2 is 2.10 bits per heavy atom. The first-order valence-electron chi connectivity index (χ1n) is 7.28. The Balaban J connectivity index is 1.56. The maximum Gasteiger partial charge on any atom is 0.222 e. The number of carbonyl (C=O) groups excluding carboxylic acids is 1. The summed E-state index contributed by atoms with van der Waals surface area (Å²) in [5.74, 6) is 1.11. The molecule has 6 nitrogen and oxygen atoms in total. The molecule has 1 aromatic carbocycles. The van der Waals surface area contributed by atoms with Gasteiger partial charge >= 0.3 is 0 Å². The fourth-order valence-corrected chi connectivity index (χ4v) is 2.21. The minimum atomic E-state index is 0.131. The van der Waals surface area contributed by atoms with E-state index in [4.69, 9.17) is 5.73 Å². The number of rotatable bonds is 6. The Bertz CT molecular complexity index is 654. The minimum Gasteiger partial charge on any atom is -0.369 e. The molecule has 1 fully saturated rings. The van der Waals surface area contributed by atoms with Gasteiger partial charge < -0.3 is 16.4 Å². The van der Waals surface area contributed by atoms with Crippen molar-refractivity contribution in [3.05, 3.63) is 24.3 Å². The molecule has 2 aromatic rings. The molecule has 1 heterocycles. The molecule has 1 amide bonds. The molecule has 0 spiro atoms. The number of nitrogens with zero attached hydrogens (tertiary/aromatic N) is 2. The van der Waals surface area contributed by atoms with Gasteiger partial charge in [-0.25, -0.2) is 4.98 Å².